The van der Waals surface area contributed by atoms with E-state index in [9.17, 15) is 4.21 Å². The van der Waals surface area contributed by atoms with Crippen molar-refractivity contribution in [1.82, 2.24) is 0 Å². The van der Waals surface area contributed by atoms with Crippen molar-refractivity contribution in [3.63, 3.8) is 0 Å². The van der Waals surface area contributed by atoms with E-state index in [2.05, 4.69) is 0 Å². The topological polar surface area (TPSA) is 40.9 Å². The van der Waals surface area contributed by atoms with E-state index >= 15 is 0 Å². The second-order valence-corrected chi connectivity index (χ2v) is 3.66. The molecule has 1 heterocycles. The fourth-order valence-corrected chi connectivity index (χ4v) is 0.681. The molecule has 1 aliphatic heterocycles. The van der Waals surface area contributed by atoms with Gasteiger partial charge in [-0.2, -0.15) is 0 Å². The zero-order chi connectivity index (χ0) is 3.91. The summed E-state index contributed by atoms with van der Waals surface area (Å²) in [4.78, 5) is 0. The lowest BCUT2D eigenvalue weighted by Crippen LogP contribution is -1.56. The summed E-state index contributed by atoms with van der Waals surface area (Å²) in [6.07, 6.45) is 0. The van der Waals surface area contributed by atoms with Gasteiger partial charge < -0.3 is 0 Å². The van der Waals surface area contributed by atoms with Gasteiger partial charge in [-0.15, -0.1) is 0 Å². The Labute approximate surface area is 31.2 Å². The van der Waals surface area contributed by atoms with Crippen LogP contribution in [0.1, 0.15) is 0 Å². The van der Waals surface area contributed by atoms with Gasteiger partial charge in [0.1, 0.15) is 0 Å². The lowest BCUT2D eigenvalue weighted by Gasteiger charge is -1.52. The maximum Gasteiger partial charge on any atom is 0.0460 e. The van der Waals surface area contributed by atoms with Gasteiger partial charge in [-0.05, 0) is 0 Å². The zero-order valence-electron chi connectivity index (χ0n) is 2.73. The fraction of sp³-hybridized carbons (Fsp3) is 1.00. The van der Waals surface area contributed by atoms with E-state index in [0.29, 0.717) is 11.5 Å². The highest BCUT2D eigenvalue weighted by molar-refractivity contribution is 7.99. The van der Waals surface area contributed by atoms with E-state index in [4.69, 9.17) is 4.78 Å². The Bertz CT molecular complexity index is 113. The van der Waals surface area contributed by atoms with Crippen LogP contribution in [0.4, 0.5) is 0 Å². The Morgan fingerprint density at radius 2 is 1.80 bits per heavy atom. The average Bonchev–Trinajstić information content (AvgIpc) is 1.76. The molecule has 5 heavy (non-hydrogen) atoms. The van der Waals surface area contributed by atoms with Crippen molar-refractivity contribution in [3.8, 4) is 0 Å². The summed E-state index contributed by atoms with van der Waals surface area (Å²) in [5.41, 5.74) is 0. The third kappa shape index (κ3) is 0.613. The largest absolute Gasteiger partial charge is 0.253 e. The van der Waals surface area contributed by atoms with Crippen molar-refractivity contribution in [2.75, 3.05) is 11.5 Å². The van der Waals surface area contributed by atoms with Crippen molar-refractivity contribution in [2.45, 2.75) is 0 Å². The lowest BCUT2D eigenvalue weighted by atomic mass is 11.0. The monoisotopic (exact) mass is 91.0 g/mol. The Kier molecular flexibility index (Phi) is 0.343. The first kappa shape index (κ1) is 3.15. The van der Waals surface area contributed by atoms with E-state index in [1.54, 1.807) is 0 Å². The normalized spacial score (nSPS) is 29.6. The molecule has 3 heteroatoms. The third-order valence-electron chi connectivity index (χ3n) is 0.575. The molecular weight excluding hydrogens is 86.1 g/mol. The smallest absolute Gasteiger partial charge is 0.0460 e. The third-order valence-corrected chi connectivity index (χ3v) is 1.72. The highest BCUT2D eigenvalue weighted by Crippen LogP contribution is 2.05. The molecule has 0 aromatic carbocycles. The minimum atomic E-state index is -1.92. The molecule has 0 aliphatic carbocycles. The molecule has 0 aromatic heterocycles. The van der Waals surface area contributed by atoms with Crippen molar-refractivity contribution >= 4 is 9.73 Å². The van der Waals surface area contributed by atoms with Gasteiger partial charge in [0.15, 0.2) is 0 Å². The first-order valence-corrected chi connectivity index (χ1v) is 3.34. The van der Waals surface area contributed by atoms with E-state index in [1.807, 2.05) is 0 Å². The Morgan fingerprint density at radius 3 is 1.80 bits per heavy atom. The van der Waals surface area contributed by atoms with Gasteiger partial charge in [0.05, 0.1) is 0 Å². The molecule has 0 unspecified atom stereocenters. The average molecular weight is 91.1 g/mol. The minimum Gasteiger partial charge on any atom is -0.253 e. The predicted octanol–water partition coefficient (Wildman–Crippen LogP) is 0.0468. The molecular formula is C2H5NOS. The highest BCUT2D eigenvalue weighted by atomic mass is 32.2. The Morgan fingerprint density at radius 1 is 1.60 bits per heavy atom. The molecule has 0 aromatic rings. The van der Waals surface area contributed by atoms with Crippen LogP contribution in [-0.2, 0) is 9.73 Å². The number of nitrogens with one attached hydrogen (secondary N) is 1. The van der Waals surface area contributed by atoms with Crippen LogP contribution in [-0.4, -0.2) is 15.7 Å². The first-order chi connectivity index (χ1) is 2.21. The lowest BCUT2D eigenvalue weighted by molar-refractivity contribution is 0.688. The van der Waals surface area contributed by atoms with Crippen LogP contribution >= 0.6 is 0 Å². The summed E-state index contributed by atoms with van der Waals surface area (Å²) in [5, 5.41) is 0. The van der Waals surface area contributed by atoms with Crippen LogP contribution in [0.15, 0.2) is 0 Å². The van der Waals surface area contributed by atoms with Gasteiger partial charge in [-0.1, -0.05) is 0 Å². The molecule has 1 fully saturated rings. The minimum absolute atomic E-state index is 0.646. The van der Waals surface area contributed by atoms with Crippen LogP contribution in [0, 0.1) is 4.78 Å². The second kappa shape index (κ2) is 0.544. The van der Waals surface area contributed by atoms with Crippen molar-refractivity contribution in [1.29, 1.82) is 4.78 Å². The summed E-state index contributed by atoms with van der Waals surface area (Å²) in [6.45, 7) is 0. The first-order valence-electron chi connectivity index (χ1n) is 1.45. The van der Waals surface area contributed by atoms with E-state index in [0.717, 1.165) is 0 Å². The van der Waals surface area contributed by atoms with Crippen molar-refractivity contribution < 1.29 is 4.21 Å². The van der Waals surface area contributed by atoms with E-state index in [1.165, 1.54) is 0 Å². The number of rotatable bonds is 0. The molecule has 0 atom stereocenters. The van der Waals surface area contributed by atoms with E-state index in [-0.39, 0.29) is 0 Å². The summed E-state index contributed by atoms with van der Waals surface area (Å²) in [5.74, 6) is 1.29. The maximum atomic E-state index is 9.97. The Balaban J connectivity index is 3.15. The van der Waals surface area contributed by atoms with Gasteiger partial charge in [0.2, 0.25) is 0 Å². The Hall–Kier alpha value is -0.0500. The standard InChI is InChI=1S/C2H5NOS/c3-5(4)1-2-5/h3H,1-2H2. The summed E-state index contributed by atoms with van der Waals surface area (Å²) >= 11 is 0. The molecule has 0 spiro atoms. The summed E-state index contributed by atoms with van der Waals surface area (Å²) < 4.78 is 16.5. The SMILES string of the molecule is N=S1(=O)CC1. The highest BCUT2D eigenvalue weighted by Gasteiger charge is 2.19. The van der Waals surface area contributed by atoms with Gasteiger partial charge in [0.25, 0.3) is 0 Å². The van der Waals surface area contributed by atoms with Gasteiger partial charge >= 0.3 is 0 Å². The molecule has 30 valence electrons. The number of hydrogen-bond donors (Lipinski definition) is 1. The van der Waals surface area contributed by atoms with Crippen LogP contribution in [0.2, 0.25) is 0 Å². The predicted molar refractivity (Wildman–Crippen MR) is 20.6 cm³/mol. The van der Waals surface area contributed by atoms with Crippen LogP contribution in [0.25, 0.3) is 0 Å². The van der Waals surface area contributed by atoms with Gasteiger partial charge in [-0.3, -0.25) is 4.78 Å². The van der Waals surface area contributed by atoms with Crippen LogP contribution in [0.5, 0.6) is 0 Å². The van der Waals surface area contributed by atoms with Gasteiger partial charge in [-0.25, -0.2) is 4.21 Å². The quantitative estimate of drug-likeness (QED) is 0.420. The molecule has 2 nitrogen and oxygen atoms in total. The van der Waals surface area contributed by atoms with Crippen molar-refractivity contribution in [2.24, 2.45) is 0 Å². The maximum absolute atomic E-state index is 9.97. The molecule has 0 amide bonds. The second-order valence-electron chi connectivity index (χ2n) is 1.22. The molecule has 1 N–H and O–H groups in total. The van der Waals surface area contributed by atoms with Gasteiger partial charge in [0, 0.05) is 21.2 Å². The fourth-order valence-electron chi connectivity index (χ4n) is 0.0757. The van der Waals surface area contributed by atoms with Crippen molar-refractivity contribution in [3.05, 3.63) is 0 Å². The molecule has 1 saturated heterocycles. The molecule has 1 rings (SSSR count). The molecule has 1 aliphatic rings. The molecule has 0 bridgehead atoms. The molecule has 0 saturated carbocycles. The van der Waals surface area contributed by atoms with E-state index < -0.39 is 9.73 Å². The number of hydrogen-bond acceptors (Lipinski definition) is 2. The van der Waals surface area contributed by atoms with Crippen LogP contribution in [0.3, 0.4) is 0 Å². The zero-order valence-corrected chi connectivity index (χ0v) is 3.55. The van der Waals surface area contributed by atoms with Crippen LogP contribution < -0.4 is 0 Å². The molecule has 0 radical (unpaired) electrons. The summed E-state index contributed by atoms with van der Waals surface area (Å²) in [7, 11) is -1.92. The summed E-state index contributed by atoms with van der Waals surface area (Å²) in [6, 6.07) is 0.